The molecule has 3 aliphatic carbocycles. The van der Waals surface area contributed by atoms with Crippen LogP contribution in [-0.4, -0.2) is 0 Å². The Balaban J connectivity index is 1.73. The van der Waals surface area contributed by atoms with Crippen LogP contribution in [0.25, 0.3) is 0 Å². The SMILES string of the molecule is C1CCCC2(CCC1)CC1CCC2C1. The van der Waals surface area contributed by atoms with Crippen molar-refractivity contribution >= 4 is 0 Å². The Morgan fingerprint density at radius 2 is 1.50 bits per heavy atom. The molecule has 1 spiro atoms. The predicted molar refractivity (Wildman–Crippen MR) is 60.2 cm³/mol. The summed E-state index contributed by atoms with van der Waals surface area (Å²) in [5, 5.41) is 0. The van der Waals surface area contributed by atoms with E-state index in [-0.39, 0.29) is 0 Å². The highest BCUT2D eigenvalue weighted by molar-refractivity contribution is 5.00. The topological polar surface area (TPSA) is 0 Å². The fourth-order valence-corrected chi connectivity index (χ4v) is 4.78. The van der Waals surface area contributed by atoms with Crippen LogP contribution in [0.3, 0.4) is 0 Å². The zero-order valence-electron chi connectivity index (χ0n) is 9.43. The molecule has 0 amide bonds. The van der Waals surface area contributed by atoms with E-state index in [1.54, 1.807) is 51.4 Å². The first-order chi connectivity index (χ1) is 6.89. The average Bonchev–Trinajstić information content (AvgIpc) is 2.71. The van der Waals surface area contributed by atoms with E-state index < -0.39 is 0 Å². The summed E-state index contributed by atoms with van der Waals surface area (Å²) >= 11 is 0. The third-order valence-corrected chi connectivity index (χ3v) is 5.45. The van der Waals surface area contributed by atoms with Crippen LogP contribution < -0.4 is 0 Å². The summed E-state index contributed by atoms with van der Waals surface area (Å²) < 4.78 is 0. The Labute approximate surface area is 88.5 Å². The summed E-state index contributed by atoms with van der Waals surface area (Å²) in [5.41, 5.74) is 0.864. The quantitative estimate of drug-likeness (QED) is 0.528. The first-order valence-electron chi connectivity index (χ1n) is 6.89. The fourth-order valence-electron chi connectivity index (χ4n) is 4.78. The molecule has 2 atom stereocenters. The molecule has 80 valence electrons. The molecule has 0 saturated heterocycles. The molecule has 14 heavy (non-hydrogen) atoms. The standard InChI is InChI=1S/C14H24/c1-2-4-8-14(9-5-3-1)11-12-6-7-13(14)10-12/h12-13H,1-11H2. The van der Waals surface area contributed by atoms with Gasteiger partial charge in [-0.3, -0.25) is 0 Å². The average molecular weight is 192 g/mol. The molecule has 0 heterocycles. The van der Waals surface area contributed by atoms with E-state index in [1.807, 2.05) is 0 Å². The molecule has 3 fully saturated rings. The fraction of sp³-hybridized carbons (Fsp3) is 1.00. The molecule has 0 N–H and O–H groups in total. The van der Waals surface area contributed by atoms with Gasteiger partial charge in [-0.2, -0.15) is 0 Å². The minimum Gasteiger partial charge on any atom is -0.0533 e. The van der Waals surface area contributed by atoms with Crippen molar-refractivity contribution in [3.63, 3.8) is 0 Å². The number of hydrogen-bond acceptors (Lipinski definition) is 0. The maximum Gasteiger partial charge on any atom is -0.0266 e. The van der Waals surface area contributed by atoms with Gasteiger partial charge in [0.1, 0.15) is 0 Å². The van der Waals surface area contributed by atoms with Gasteiger partial charge in [0.25, 0.3) is 0 Å². The van der Waals surface area contributed by atoms with Crippen LogP contribution >= 0.6 is 0 Å². The van der Waals surface area contributed by atoms with Gasteiger partial charge in [-0.1, -0.05) is 38.5 Å². The van der Waals surface area contributed by atoms with Crippen molar-refractivity contribution in [3.05, 3.63) is 0 Å². The van der Waals surface area contributed by atoms with Gasteiger partial charge >= 0.3 is 0 Å². The third-order valence-electron chi connectivity index (χ3n) is 5.45. The molecular formula is C14H24. The van der Waals surface area contributed by atoms with E-state index in [4.69, 9.17) is 0 Å². The van der Waals surface area contributed by atoms with Crippen LogP contribution in [0.5, 0.6) is 0 Å². The van der Waals surface area contributed by atoms with Crippen molar-refractivity contribution in [2.24, 2.45) is 17.3 Å². The monoisotopic (exact) mass is 192 g/mol. The Kier molecular flexibility index (Phi) is 2.34. The van der Waals surface area contributed by atoms with Gasteiger partial charge in [0.15, 0.2) is 0 Å². The summed E-state index contributed by atoms with van der Waals surface area (Å²) in [6.45, 7) is 0. The molecule has 0 heteroatoms. The summed E-state index contributed by atoms with van der Waals surface area (Å²) in [4.78, 5) is 0. The predicted octanol–water partition coefficient (Wildman–Crippen LogP) is 4.54. The van der Waals surface area contributed by atoms with Gasteiger partial charge in [0, 0.05) is 0 Å². The molecule has 2 unspecified atom stereocenters. The summed E-state index contributed by atoms with van der Waals surface area (Å²) in [6.07, 6.45) is 17.2. The molecule has 3 aliphatic rings. The molecule has 0 nitrogen and oxygen atoms in total. The van der Waals surface area contributed by atoms with Crippen molar-refractivity contribution in [2.45, 2.75) is 70.6 Å². The van der Waals surface area contributed by atoms with Crippen LogP contribution in [0.4, 0.5) is 0 Å². The van der Waals surface area contributed by atoms with E-state index >= 15 is 0 Å². The molecule has 3 rings (SSSR count). The maximum absolute atomic E-state index is 1.62. The van der Waals surface area contributed by atoms with Crippen molar-refractivity contribution in [1.29, 1.82) is 0 Å². The normalized spacial score (nSPS) is 41.1. The third kappa shape index (κ3) is 1.42. The second-order valence-electron chi connectivity index (χ2n) is 6.21. The zero-order valence-corrected chi connectivity index (χ0v) is 9.43. The molecule has 0 radical (unpaired) electrons. The highest BCUT2D eigenvalue weighted by Crippen LogP contribution is 2.60. The van der Waals surface area contributed by atoms with Crippen LogP contribution in [0.1, 0.15) is 70.6 Å². The van der Waals surface area contributed by atoms with Crippen molar-refractivity contribution in [1.82, 2.24) is 0 Å². The second kappa shape index (κ2) is 3.54. The molecule has 0 aromatic rings. The first kappa shape index (κ1) is 9.24. The lowest BCUT2D eigenvalue weighted by molar-refractivity contribution is 0.117. The highest BCUT2D eigenvalue weighted by atomic mass is 14.5. The Hall–Kier alpha value is 0. The lowest BCUT2D eigenvalue weighted by atomic mass is 9.66. The zero-order chi connectivity index (χ0) is 9.43. The second-order valence-corrected chi connectivity index (χ2v) is 6.21. The van der Waals surface area contributed by atoms with Gasteiger partial charge in [-0.25, -0.2) is 0 Å². The summed E-state index contributed by atoms with van der Waals surface area (Å²) in [6, 6.07) is 0. The van der Waals surface area contributed by atoms with E-state index in [0.717, 1.165) is 17.3 Å². The molecule has 0 aliphatic heterocycles. The number of fused-ring (bicyclic) bond motifs is 3. The number of hydrogen-bond donors (Lipinski definition) is 0. The van der Waals surface area contributed by atoms with E-state index in [0.29, 0.717) is 0 Å². The Morgan fingerprint density at radius 1 is 0.786 bits per heavy atom. The van der Waals surface area contributed by atoms with Gasteiger partial charge < -0.3 is 0 Å². The van der Waals surface area contributed by atoms with E-state index in [1.165, 1.54) is 19.3 Å². The molecule has 0 aromatic heterocycles. The van der Waals surface area contributed by atoms with Crippen molar-refractivity contribution < 1.29 is 0 Å². The first-order valence-corrected chi connectivity index (χ1v) is 6.89. The smallest absolute Gasteiger partial charge is 0.0266 e. The van der Waals surface area contributed by atoms with Crippen LogP contribution in [-0.2, 0) is 0 Å². The van der Waals surface area contributed by atoms with Crippen LogP contribution in [0.15, 0.2) is 0 Å². The Morgan fingerprint density at radius 3 is 2.07 bits per heavy atom. The van der Waals surface area contributed by atoms with E-state index in [2.05, 4.69) is 0 Å². The van der Waals surface area contributed by atoms with Gasteiger partial charge in [-0.05, 0) is 49.4 Å². The van der Waals surface area contributed by atoms with Gasteiger partial charge in [0.2, 0.25) is 0 Å². The maximum atomic E-state index is 1.62. The Bertz CT molecular complexity index is 198. The molecular weight excluding hydrogens is 168 g/mol. The minimum absolute atomic E-state index is 0.864. The molecule has 0 aromatic carbocycles. The number of rotatable bonds is 0. The van der Waals surface area contributed by atoms with Gasteiger partial charge in [-0.15, -0.1) is 0 Å². The van der Waals surface area contributed by atoms with Crippen molar-refractivity contribution in [3.8, 4) is 0 Å². The molecule has 2 bridgehead atoms. The molecule has 3 saturated carbocycles. The summed E-state index contributed by atoms with van der Waals surface area (Å²) in [5.74, 6) is 2.31. The van der Waals surface area contributed by atoms with Crippen molar-refractivity contribution in [2.75, 3.05) is 0 Å². The van der Waals surface area contributed by atoms with Gasteiger partial charge in [0.05, 0.1) is 0 Å². The highest BCUT2D eigenvalue weighted by Gasteiger charge is 2.49. The lowest BCUT2D eigenvalue weighted by Crippen LogP contribution is -2.28. The van der Waals surface area contributed by atoms with Crippen LogP contribution in [0, 0.1) is 17.3 Å². The summed E-state index contributed by atoms with van der Waals surface area (Å²) in [7, 11) is 0. The lowest BCUT2D eigenvalue weighted by Gasteiger charge is -2.39. The minimum atomic E-state index is 0.864. The van der Waals surface area contributed by atoms with E-state index in [9.17, 15) is 0 Å². The van der Waals surface area contributed by atoms with Crippen LogP contribution in [0.2, 0.25) is 0 Å². The largest absolute Gasteiger partial charge is 0.0533 e.